The molecule has 1 atom stereocenters. The third-order valence-electron chi connectivity index (χ3n) is 5.57. The van der Waals surface area contributed by atoms with E-state index in [9.17, 15) is 13.2 Å². The van der Waals surface area contributed by atoms with Gasteiger partial charge in [0.2, 0.25) is 5.91 Å². The van der Waals surface area contributed by atoms with Crippen LogP contribution in [-0.2, 0) is 21.9 Å². The Labute approximate surface area is 182 Å². The van der Waals surface area contributed by atoms with Crippen LogP contribution < -0.4 is 0 Å². The van der Waals surface area contributed by atoms with Gasteiger partial charge in [-0.2, -0.15) is 9.40 Å². The average molecular weight is 440 g/mol. The maximum absolute atomic E-state index is 13.4. The molecule has 162 valence electrons. The van der Waals surface area contributed by atoms with Crippen LogP contribution in [0.1, 0.15) is 18.4 Å². The Morgan fingerprint density at radius 3 is 2.39 bits per heavy atom. The SMILES string of the molecule is CC(C(=O)N1CCN(S(=O)(=O)c2nn(C)cc2-c2cccnc2)CC1)c1ccccc1. The fraction of sp³-hybridized carbons (Fsp3) is 0.318. The fourth-order valence-electron chi connectivity index (χ4n) is 3.81. The summed E-state index contributed by atoms with van der Waals surface area (Å²) < 4.78 is 29.6. The zero-order chi connectivity index (χ0) is 22.0. The van der Waals surface area contributed by atoms with E-state index in [1.54, 1.807) is 36.6 Å². The van der Waals surface area contributed by atoms with Gasteiger partial charge in [-0.3, -0.25) is 14.5 Å². The molecule has 2 aromatic heterocycles. The molecular weight excluding hydrogens is 414 g/mol. The highest BCUT2D eigenvalue weighted by Gasteiger charge is 2.35. The summed E-state index contributed by atoms with van der Waals surface area (Å²) in [5.74, 6) is -0.255. The molecule has 0 saturated carbocycles. The number of sulfonamides is 1. The molecule has 3 heterocycles. The molecule has 1 saturated heterocycles. The summed E-state index contributed by atoms with van der Waals surface area (Å²) in [6, 6.07) is 13.2. The third-order valence-corrected chi connectivity index (χ3v) is 7.41. The standard InChI is InChI=1S/C22H25N5O3S/c1-17(18-7-4-3-5-8-18)22(28)26-11-13-27(14-12-26)31(29,30)21-20(16-25(2)24-21)19-9-6-10-23-15-19/h3-10,15-17H,11-14H2,1-2H3. The second-order valence-corrected chi connectivity index (χ2v) is 9.48. The summed E-state index contributed by atoms with van der Waals surface area (Å²) in [5, 5.41) is 4.25. The molecule has 1 aliphatic heterocycles. The van der Waals surface area contributed by atoms with Gasteiger partial charge in [0, 0.05) is 62.9 Å². The Morgan fingerprint density at radius 1 is 1.03 bits per heavy atom. The van der Waals surface area contributed by atoms with Crippen LogP contribution in [0.4, 0.5) is 0 Å². The number of amides is 1. The van der Waals surface area contributed by atoms with Crippen LogP contribution in [-0.4, -0.2) is 64.5 Å². The molecule has 8 nitrogen and oxygen atoms in total. The molecule has 1 fully saturated rings. The van der Waals surface area contributed by atoms with Gasteiger partial charge < -0.3 is 4.90 Å². The van der Waals surface area contributed by atoms with E-state index in [1.165, 1.54) is 8.99 Å². The van der Waals surface area contributed by atoms with Crippen LogP contribution in [0.3, 0.4) is 0 Å². The number of pyridine rings is 1. The fourth-order valence-corrected chi connectivity index (χ4v) is 5.38. The summed E-state index contributed by atoms with van der Waals surface area (Å²) in [7, 11) is -2.11. The molecule has 0 N–H and O–H groups in total. The molecule has 0 aliphatic carbocycles. The van der Waals surface area contributed by atoms with Crippen LogP contribution in [0.5, 0.6) is 0 Å². The van der Waals surface area contributed by atoms with Crippen LogP contribution in [0.25, 0.3) is 11.1 Å². The lowest BCUT2D eigenvalue weighted by molar-refractivity contribution is -0.133. The van der Waals surface area contributed by atoms with Crippen molar-refractivity contribution in [2.24, 2.45) is 7.05 Å². The van der Waals surface area contributed by atoms with Crippen molar-refractivity contribution in [3.63, 3.8) is 0 Å². The molecule has 0 bridgehead atoms. The summed E-state index contributed by atoms with van der Waals surface area (Å²) >= 11 is 0. The van der Waals surface area contributed by atoms with Crippen molar-refractivity contribution in [3.05, 3.63) is 66.6 Å². The molecule has 0 spiro atoms. The van der Waals surface area contributed by atoms with Crippen LogP contribution >= 0.6 is 0 Å². The minimum absolute atomic E-state index is 0.0112. The monoisotopic (exact) mass is 439 g/mol. The molecule has 31 heavy (non-hydrogen) atoms. The van der Waals surface area contributed by atoms with Crippen LogP contribution in [0.2, 0.25) is 0 Å². The maximum Gasteiger partial charge on any atom is 0.263 e. The van der Waals surface area contributed by atoms with E-state index >= 15 is 0 Å². The van der Waals surface area contributed by atoms with Crippen molar-refractivity contribution < 1.29 is 13.2 Å². The highest BCUT2D eigenvalue weighted by molar-refractivity contribution is 7.89. The molecular formula is C22H25N5O3S. The van der Waals surface area contributed by atoms with E-state index < -0.39 is 10.0 Å². The number of benzene rings is 1. The predicted octanol–water partition coefficient (Wildman–Crippen LogP) is 2.12. The first-order valence-corrected chi connectivity index (χ1v) is 11.6. The van der Waals surface area contributed by atoms with Gasteiger partial charge >= 0.3 is 0 Å². The number of aromatic nitrogens is 3. The van der Waals surface area contributed by atoms with Crippen LogP contribution in [0, 0.1) is 0 Å². The molecule has 1 aliphatic rings. The normalized spacial score (nSPS) is 16.3. The number of piperazine rings is 1. The van der Waals surface area contributed by atoms with Crippen molar-refractivity contribution in [2.45, 2.75) is 17.9 Å². The summed E-state index contributed by atoms with van der Waals surface area (Å²) in [5.41, 5.74) is 2.17. The van der Waals surface area contributed by atoms with Gasteiger partial charge in [0.15, 0.2) is 5.03 Å². The van der Waals surface area contributed by atoms with Crippen molar-refractivity contribution >= 4 is 15.9 Å². The summed E-state index contributed by atoms with van der Waals surface area (Å²) in [6.45, 7) is 3.06. The van der Waals surface area contributed by atoms with Crippen molar-refractivity contribution in [1.29, 1.82) is 0 Å². The van der Waals surface area contributed by atoms with Gasteiger partial charge in [-0.15, -0.1) is 0 Å². The van der Waals surface area contributed by atoms with E-state index in [4.69, 9.17) is 0 Å². The Morgan fingerprint density at radius 2 is 1.74 bits per heavy atom. The second-order valence-electron chi connectivity index (χ2n) is 7.63. The number of carbonyl (C=O) groups excluding carboxylic acids is 1. The molecule has 1 aromatic carbocycles. The Bertz CT molecular complexity index is 1150. The van der Waals surface area contributed by atoms with E-state index in [0.717, 1.165) is 5.56 Å². The highest BCUT2D eigenvalue weighted by atomic mass is 32.2. The first-order chi connectivity index (χ1) is 14.9. The zero-order valence-electron chi connectivity index (χ0n) is 17.5. The largest absolute Gasteiger partial charge is 0.340 e. The van der Waals surface area contributed by atoms with E-state index in [0.29, 0.717) is 24.2 Å². The smallest absolute Gasteiger partial charge is 0.263 e. The van der Waals surface area contributed by atoms with Crippen molar-refractivity contribution in [1.82, 2.24) is 24.0 Å². The van der Waals surface area contributed by atoms with Gasteiger partial charge in [-0.05, 0) is 18.6 Å². The third kappa shape index (κ3) is 4.24. The second kappa shape index (κ2) is 8.60. The van der Waals surface area contributed by atoms with E-state index in [1.807, 2.05) is 43.3 Å². The molecule has 9 heteroatoms. The molecule has 1 amide bonds. The topological polar surface area (TPSA) is 88.4 Å². The van der Waals surface area contributed by atoms with Gasteiger partial charge in [-0.25, -0.2) is 8.42 Å². The number of hydrogen-bond acceptors (Lipinski definition) is 5. The quantitative estimate of drug-likeness (QED) is 0.608. The van der Waals surface area contributed by atoms with Gasteiger partial charge in [0.1, 0.15) is 0 Å². The number of rotatable bonds is 5. The Hall–Kier alpha value is -3.04. The molecule has 1 unspecified atom stereocenters. The average Bonchev–Trinajstić information content (AvgIpc) is 3.22. The van der Waals surface area contributed by atoms with Crippen molar-refractivity contribution in [2.75, 3.05) is 26.2 Å². The van der Waals surface area contributed by atoms with Crippen molar-refractivity contribution in [3.8, 4) is 11.1 Å². The maximum atomic E-state index is 13.4. The first kappa shape index (κ1) is 21.2. The lowest BCUT2D eigenvalue weighted by Crippen LogP contribution is -2.51. The van der Waals surface area contributed by atoms with Gasteiger partial charge in [0.05, 0.1) is 5.92 Å². The van der Waals surface area contributed by atoms with E-state index in [2.05, 4.69) is 10.1 Å². The number of carbonyl (C=O) groups is 1. The number of hydrogen-bond donors (Lipinski definition) is 0. The minimum Gasteiger partial charge on any atom is -0.340 e. The predicted molar refractivity (Wildman–Crippen MR) is 117 cm³/mol. The summed E-state index contributed by atoms with van der Waals surface area (Å²) in [6.07, 6.45) is 4.95. The van der Waals surface area contributed by atoms with Gasteiger partial charge in [0.25, 0.3) is 10.0 Å². The molecule has 3 aromatic rings. The lowest BCUT2D eigenvalue weighted by Gasteiger charge is -2.35. The minimum atomic E-state index is -3.81. The van der Waals surface area contributed by atoms with Gasteiger partial charge in [-0.1, -0.05) is 36.4 Å². The molecule has 0 radical (unpaired) electrons. The van der Waals surface area contributed by atoms with Crippen LogP contribution in [0.15, 0.2) is 66.1 Å². The van der Waals surface area contributed by atoms with E-state index in [-0.39, 0.29) is 29.9 Å². The summed E-state index contributed by atoms with van der Waals surface area (Å²) in [4.78, 5) is 18.7. The highest BCUT2D eigenvalue weighted by Crippen LogP contribution is 2.28. The molecule has 4 rings (SSSR count). The lowest BCUT2D eigenvalue weighted by atomic mass is 9.99. The first-order valence-electron chi connectivity index (χ1n) is 10.2. The zero-order valence-corrected chi connectivity index (χ0v) is 18.4. The number of nitrogens with zero attached hydrogens (tertiary/aromatic N) is 5. The Kier molecular flexibility index (Phi) is 5.88. The Balaban J connectivity index is 1.50. The number of aryl methyl sites for hydroxylation is 1.